The molecule has 0 atom stereocenters. The predicted molar refractivity (Wildman–Crippen MR) is 124 cm³/mol. The van der Waals surface area contributed by atoms with E-state index in [1.165, 1.54) is 7.11 Å². The second-order valence-electron chi connectivity index (χ2n) is 7.35. The van der Waals surface area contributed by atoms with Gasteiger partial charge in [-0.25, -0.2) is 0 Å². The number of methoxy groups -OCH3 is 1. The fourth-order valence-corrected chi connectivity index (χ4v) is 3.53. The molecule has 0 unspecified atom stereocenters. The number of aromatic nitrogens is 2. The van der Waals surface area contributed by atoms with Gasteiger partial charge in [0.25, 0.3) is 5.91 Å². The van der Waals surface area contributed by atoms with Crippen LogP contribution in [0.5, 0.6) is 11.5 Å². The summed E-state index contributed by atoms with van der Waals surface area (Å²) in [6, 6.07) is 10.3. The number of nitrogens with zero attached hydrogens (tertiary/aromatic N) is 3. The van der Waals surface area contributed by atoms with Gasteiger partial charge < -0.3 is 18.8 Å². The van der Waals surface area contributed by atoms with Crippen LogP contribution in [0.25, 0.3) is 11.5 Å². The summed E-state index contributed by atoms with van der Waals surface area (Å²) in [5.41, 5.74) is 1.00. The molecule has 2 aromatic carbocycles. The van der Waals surface area contributed by atoms with Crippen LogP contribution in [0, 0.1) is 0 Å². The van der Waals surface area contributed by atoms with Crippen molar-refractivity contribution in [3.63, 3.8) is 0 Å². The van der Waals surface area contributed by atoms with Gasteiger partial charge in [0.1, 0.15) is 0 Å². The van der Waals surface area contributed by atoms with E-state index in [2.05, 4.69) is 10.2 Å². The van der Waals surface area contributed by atoms with Crippen LogP contribution in [-0.2, 0) is 6.54 Å². The predicted octanol–water partition coefficient (Wildman–Crippen LogP) is 5.89. The van der Waals surface area contributed by atoms with Crippen molar-refractivity contribution in [1.29, 1.82) is 0 Å². The molecule has 0 aliphatic rings. The largest absolute Gasteiger partial charge is 0.493 e. The second kappa shape index (κ2) is 10.7. The minimum atomic E-state index is -0.250. The van der Waals surface area contributed by atoms with Crippen molar-refractivity contribution in [3.05, 3.63) is 57.9 Å². The van der Waals surface area contributed by atoms with Crippen LogP contribution in [0.4, 0.5) is 0 Å². The molecule has 1 aromatic heterocycles. The van der Waals surface area contributed by atoms with Gasteiger partial charge in [-0.3, -0.25) is 4.79 Å². The van der Waals surface area contributed by atoms with Gasteiger partial charge in [-0.15, -0.1) is 10.2 Å². The molecule has 0 bridgehead atoms. The van der Waals surface area contributed by atoms with Crippen LogP contribution in [0.1, 0.15) is 43.4 Å². The first-order valence-electron chi connectivity index (χ1n) is 10.2. The van der Waals surface area contributed by atoms with Crippen LogP contribution in [0.15, 0.2) is 40.8 Å². The Hall–Kier alpha value is -2.77. The smallest absolute Gasteiger partial charge is 0.254 e. The van der Waals surface area contributed by atoms with Crippen molar-refractivity contribution in [2.45, 2.75) is 39.8 Å². The number of hydrogen-bond donors (Lipinski definition) is 0. The van der Waals surface area contributed by atoms with Crippen LogP contribution in [-0.4, -0.2) is 40.8 Å². The summed E-state index contributed by atoms with van der Waals surface area (Å²) in [5.74, 6) is 1.16. The van der Waals surface area contributed by atoms with E-state index in [9.17, 15) is 4.79 Å². The maximum atomic E-state index is 13.3. The third-order valence-corrected chi connectivity index (χ3v) is 5.30. The van der Waals surface area contributed by atoms with Crippen LogP contribution in [0.3, 0.4) is 0 Å². The summed E-state index contributed by atoms with van der Waals surface area (Å²) in [7, 11) is 1.51. The van der Waals surface area contributed by atoms with Crippen LogP contribution >= 0.6 is 23.2 Å². The lowest BCUT2D eigenvalue weighted by molar-refractivity contribution is 0.0672. The summed E-state index contributed by atoms with van der Waals surface area (Å²) < 4.78 is 16.9. The van der Waals surface area contributed by atoms with E-state index >= 15 is 0 Å². The van der Waals surface area contributed by atoms with Gasteiger partial charge in [0.05, 0.1) is 35.9 Å². The van der Waals surface area contributed by atoms with Gasteiger partial charge in [0.2, 0.25) is 11.8 Å². The topological polar surface area (TPSA) is 77.7 Å². The van der Waals surface area contributed by atoms with Gasteiger partial charge in [-0.1, -0.05) is 42.3 Å². The lowest BCUT2D eigenvalue weighted by atomic mass is 10.1. The average molecular weight is 478 g/mol. The van der Waals surface area contributed by atoms with Gasteiger partial charge in [-0.05, 0) is 44.5 Å². The quantitative estimate of drug-likeness (QED) is 0.382. The number of ether oxygens (including phenoxy) is 2. The Kier molecular flexibility index (Phi) is 7.99. The highest BCUT2D eigenvalue weighted by molar-refractivity contribution is 6.33. The first-order valence-corrected chi connectivity index (χ1v) is 11.0. The van der Waals surface area contributed by atoms with Crippen LogP contribution in [0.2, 0.25) is 10.0 Å². The zero-order valence-corrected chi connectivity index (χ0v) is 19.9. The van der Waals surface area contributed by atoms with E-state index in [-0.39, 0.29) is 18.5 Å². The summed E-state index contributed by atoms with van der Waals surface area (Å²) in [5, 5.41) is 8.98. The van der Waals surface area contributed by atoms with Crippen molar-refractivity contribution in [2.75, 3.05) is 13.7 Å². The molecule has 0 spiro atoms. The minimum Gasteiger partial charge on any atom is -0.493 e. The third-order valence-electron chi connectivity index (χ3n) is 4.69. The normalized spacial score (nSPS) is 11.0. The number of carbonyl (C=O) groups excluding carboxylic acids is 1. The Balaban J connectivity index is 1.86. The fraction of sp³-hybridized carbons (Fsp3) is 0.348. The molecule has 0 radical (unpaired) electrons. The minimum absolute atomic E-state index is 0.127. The summed E-state index contributed by atoms with van der Waals surface area (Å²) in [4.78, 5) is 14.9. The molecule has 1 heterocycles. The maximum absolute atomic E-state index is 13.3. The first kappa shape index (κ1) is 23.9. The van der Waals surface area contributed by atoms with E-state index in [0.29, 0.717) is 51.1 Å². The zero-order valence-electron chi connectivity index (χ0n) is 18.4. The Morgan fingerprint density at radius 1 is 1.16 bits per heavy atom. The summed E-state index contributed by atoms with van der Waals surface area (Å²) in [6.07, 6.45) is 0.821. The van der Waals surface area contributed by atoms with E-state index in [1.54, 1.807) is 29.2 Å². The van der Waals surface area contributed by atoms with Crippen molar-refractivity contribution in [1.82, 2.24) is 15.1 Å². The molecule has 0 aliphatic carbocycles. The first-order chi connectivity index (χ1) is 15.3. The third kappa shape index (κ3) is 5.34. The SMILES string of the molecule is CCCOc1c(Cl)cc(C(=O)N(Cc2nnc(-c3ccccc3Cl)o2)C(C)C)cc1OC. The molecule has 3 aromatic rings. The molecule has 0 saturated carbocycles. The van der Waals surface area contributed by atoms with Gasteiger partial charge in [-0.2, -0.15) is 0 Å². The van der Waals surface area contributed by atoms with Gasteiger partial charge >= 0.3 is 0 Å². The van der Waals surface area contributed by atoms with Crippen LogP contribution < -0.4 is 9.47 Å². The molecule has 32 heavy (non-hydrogen) atoms. The molecule has 9 heteroatoms. The molecule has 170 valence electrons. The Morgan fingerprint density at radius 3 is 2.56 bits per heavy atom. The molecule has 0 fully saturated rings. The number of carbonyl (C=O) groups is 1. The molecular weight excluding hydrogens is 453 g/mol. The van der Waals surface area contributed by atoms with Gasteiger partial charge in [0, 0.05) is 11.6 Å². The Bertz CT molecular complexity index is 1080. The lowest BCUT2D eigenvalue weighted by Crippen LogP contribution is -2.36. The molecular formula is C23H25Cl2N3O4. The molecule has 0 aliphatic heterocycles. The molecule has 3 rings (SSSR count). The van der Waals surface area contributed by atoms with E-state index in [1.807, 2.05) is 32.9 Å². The highest BCUT2D eigenvalue weighted by atomic mass is 35.5. The van der Waals surface area contributed by atoms with E-state index in [0.717, 1.165) is 6.42 Å². The molecule has 7 nitrogen and oxygen atoms in total. The summed E-state index contributed by atoms with van der Waals surface area (Å²) in [6.45, 7) is 6.42. The Labute approximate surface area is 197 Å². The van der Waals surface area contributed by atoms with E-state index < -0.39 is 0 Å². The monoisotopic (exact) mass is 477 g/mol. The van der Waals surface area contributed by atoms with Crippen molar-refractivity contribution in [3.8, 4) is 23.0 Å². The Morgan fingerprint density at radius 2 is 1.91 bits per heavy atom. The van der Waals surface area contributed by atoms with E-state index in [4.69, 9.17) is 37.1 Å². The average Bonchev–Trinajstić information content (AvgIpc) is 3.24. The van der Waals surface area contributed by atoms with Crippen molar-refractivity contribution < 1.29 is 18.7 Å². The number of benzene rings is 2. The molecule has 1 amide bonds. The molecule has 0 saturated heterocycles. The number of rotatable bonds is 9. The number of hydrogen-bond acceptors (Lipinski definition) is 6. The van der Waals surface area contributed by atoms with Crippen molar-refractivity contribution >= 4 is 29.1 Å². The second-order valence-corrected chi connectivity index (χ2v) is 8.16. The highest BCUT2D eigenvalue weighted by Gasteiger charge is 2.25. The fourth-order valence-electron chi connectivity index (χ4n) is 3.05. The molecule has 0 N–H and O–H groups in total. The van der Waals surface area contributed by atoms with Crippen molar-refractivity contribution in [2.24, 2.45) is 0 Å². The summed E-state index contributed by atoms with van der Waals surface area (Å²) >= 11 is 12.6. The maximum Gasteiger partial charge on any atom is 0.254 e. The highest BCUT2D eigenvalue weighted by Crippen LogP contribution is 2.37. The lowest BCUT2D eigenvalue weighted by Gasteiger charge is -2.26. The van der Waals surface area contributed by atoms with Gasteiger partial charge in [0.15, 0.2) is 11.5 Å². The number of halogens is 2. The zero-order chi connectivity index (χ0) is 23.3. The number of amides is 1. The standard InChI is InChI=1S/C23H25Cl2N3O4/c1-5-10-31-21-18(25)11-15(12-19(21)30-4)23(29)28(14(2)3)13-20-26-27-22(32-20)16-8-6-7-9-17(16)24/h6-9,11-12,14H,5,10,13H2,1-4H3.